The highest BCUT2D eigenvalue weighted by molar-refractivity contribution is 6.30. The van der Waals surface area contributed by atoms with Crippen LogP contribution in [0.25, 0.3) is 22.4 Å². The lowest BCUT2D eigenvalue weighted by Gasteiger charge is -2.31. The molecule has 4 heterocycles. The van der Waals surface area contributed by atoms with Crippen LogP contribution in [0.15, 0.2) is 53.5 Å². The molecule has 0 fully saturated rings. The van der Waals surface area contributed by atoms with Gasteiger partial charge >= 0.3 is 6.09 Å². The Hall–Kier alpha value is -4.97. The normalized spacial score (nSPS) is 13.2. The second kappa shape index (κ2) is 11.8. The number of benzene rings is 2. The monoisotopic (exact) mass is 642 g/mol. The Kier molecular flexibility index (Phi) is 7.93. The summed E-state index contributed by atoms with van der Waals surface area (Å²) in [5, 5.41) is 12.3. The highest BCUT2D eigenvalue weighted by Gasteiger charge is 2.28. The van der Waals surface area contributed by atoms with Crippen molar-refractivity contribution in [3.8, 4) is 11.4 Å². The topological polar surface area (TPSA) is 129 Å². The molecule has 0 radical (unpaired) electrons. The molecule has 6 rings (SSSR count). The summed E-state index contributed by atoms with van der Waals surface area (Å²) >= 11 is 6.31. The summed E-state index contributed by atoms with van der Waals surface area (Å²) in [7, 11) is 1.82. The summed E-state index contributed by atoms with van der Waals surface area (Å²) in [6, 6.07) is 12.6. The summed E-state index contributed by atoms with van der Waals surface area (Å²) in [6.07, 6.45) is 2.15. The van der Waals surface area contributed by atoms with E-state index in [1.165, 1.54) is 9.25 Å². The maximum atomic E-state index is 14.4. The van der Waals surface area contributed by atoms with Crippen molar-refractivity contribution in [2.75, 3.05) is 6.54 Å². The smallest absolute Gasteiger partial charge is 0.410 e. The van der Waals surface area contributed by atoms with Gasteiger partial charge in [-0.3, -0.25) is 18.8 Å². The molecule has 5 aromatic rings. The number of carbonyl (C=O) groups is 2. The molecular weight excluding hydrogens is 608 g/mol. The molecule has 46 heavy (non-hydrogen) atoms. The lowest BCUT2D eigenvalue weighted by Crippen LogP contribution is -2.40. The van der Waals surface area contributed by atoms with Crippen LogP contribution in [0.2, 0.25) is 5.02 Å². The van der Waals surface area contributed by atoms with Crippen molar-refractivity contribution in [2.45, 2.75) is 59.7 Å². The molecule has 0 atom stereocenters. The molecule has 1 aliphatic rings. The van der Waals surface area contributed by atoms with Crippen molar-refractivity contribution in [1.29, 1.82) is 0 Å². The number of hydrogen-bond acceptors (Lipinski definition) is 7. The van der Waals surface area contributed by atoms with Crippen LogP contribution >= 0.6 is 11.6 Å². The van der Waals surface area contributed by atoms with Crippen molar-refractivity contribution < 1.29 is 14.3 Å². The predicted molar refractivity (Wildman–Crippen MR) is 174 cm³/mol. The van der Waals surface area contributed by atoms with E-state index >= 15 is 0 Å². The molecule has 238 valence electrons. The third kappa shape index (κ3) is 6.00. The van der Waals surface area contributed by atoms with Gasteiger partial charge in [0.15, 0.2) is 11.2 Å². The van der Waals surface area contributed by atoms with Gasteiger partial charge in [-0.2, -0.15) is 10.2 Å². The first-order valence-corrected chi connectivity index (χ1v) is 15.3. The molecule has 0 bridgehead atoms. The molecule has 13 heteroatoms. The summed E-state index contributed by atoms with van der Waals surface area (Å²) in [6.45, 7) is 10.2. The summed E-state index contributed by atoms with van der Waals surface area (Å²) < 4.78 is 10.2. The largest absolute Gasteiger partial charge is 0.444 e. The van der Waals surface area contributed by atoms with Crippen LogP contribution in [0.5, 0.6) is 0 Å². The summed E-state index contributed by atoms with van der Waals surface area (Å²) in [5.41, 5.74) is 4.04. The van der Waals surface area contributed by atoms with E-state index in [1.54, 1.807) is 40.8 Å². The molecule has 0 aliphatic carbocycles. The Morgan fingerprint density at radius 2 is 1.83 bits per heavy atom. The number of rotatable bonds is 5. The molecule has 0 spiro atoms. The van der Waals surface area contributed by atoms with E-state index in [2.05, 4.69) is 15.5 Å². The van der Waals surface area contributed by atoms with E-state index in [4.69, 9.17) is 21.3 Å². The van der Waals surface area contributed by atoms with Gasteiger partial charge in [0.25, 0.3) is 11.5 Å². The van der Waals surface area contributed by atoms with Gasteiger partial charge in [0, 0.05) is 31.4 Å². The lowest BCUT2D eigenvalue weighted by molar-refractivity contribution is 0.0224. The average Bonchev–Trinajstić information content (AvgIpc) is 3.53. The molecule has 0 saturated carbocycles. The SMILES string of the molecule is Cc1cn(C)nc1CNC(=O)c1nn(-c2cccc(Cl)c2)c2c(=O)n(-c3ccc4c(c3)CN(C(=O)OC(C)(C)C)CC4)c(C)nc12. The first-order valence-electron chi connectivity index (χ1n) is 14.9. The number of aromatic nitrogens is 6. The Labute approximate surface area is 270 Å². The summed E-state index contributed by atoms with van der Waals surface area (Å²) in [5.74, 6) is -0.117. The highest BCUT2D eigenvalue weighted by Crippen LogP contribution is 2.26. The Morgan fingerprint density at radius 1 is 1.04 bits per heavy atom. The van der Waals surface area contributed by atoms with Crippen molar-refractivity contribution >= 4 is 34.6 Å². The molecular formula is C33H35ClN8O4. The zero-order valence-corrected chi connectivity index (χ0v) is 27.3. The Bertz CT molecular complexity index is 2070. The van der Waals surface area contributed by atoms with Crippen molar-refractivity contribution in [1.82, 2.24) is 39.3 Å². The minimum Gasteiger partial charge on any atom is -0.444 e. The number of hydrogen-bond donors (Lipinski definition) is 1. The van der Waals surface area contributed by atoms with Gasteiger partial charge in [-0.15, -0.1) is 0 Å². The van der Waals surface area contributed by atoms with Crippen molar-refractivity contribution in [3.63, 3.8) is 0 Å². The predicted octanol–water partition coefficient (Wildman–Crippen LogP) is 4.80. The first kappa shape index (κ1) is 31.0. The van der Waals surface area contributed by atoms with Crippen LogP contribution in [0.4, 0.5) is 4.79 Å². The maximum absolute atomic E-state index is 14.4. The van der Waals surface area contributed by atoms with Crippen LogP contribution in [-0.2, 0) is 31.3 Å². The van der Waals surface area contributed by atoms with E-state index < -0.39 is 17.1 Å². The van der Waals surface area contributed by atoms with Gasteiger partial charge in [-0.25, -0.2) is 14.5 Å². The van der Waals surface area contributed by atoms with Crippen LogP contribution in [0.3, 0.4) is 0 Å². The second-order valence-corrected chi connectivity index (χ2v) is 12.9. The molecule has 1 aliphatic heterocycles. The zero-order chi connectivity index (χ0) is 32.9. The third-order valence-corrected chi connectivity index (χ3v) is 8.01. The fourth-order valence-electron chi connectivity index (χ4n) is 5.66. The minimum atomic E-state index is -0.607. The van der Waals surface area contributed by atoms with Gasteiger partial charge in [-0.1, -0.05) is 23.7 Å². The molecule has 0 saturated heterocycles. The minimum absolute atomic E-state index is 0.00866. The van der Waals surface area contributed by atoms with Crippen LogP contribution in [0.1, 0.15) is 59.5 Å². The van der Waals surface area contributed by atoms with Gasteiger partial charge in [0.2, 0.25) is 0 Å². The highest BCUT2D eigenvalue weighted by atomic mass is 35.5. The Balaban J connectivity index is 1.43. The average molecular weight is 643 g/mol. The molecule has 2 aromatic carbocycles. The lowest BCUT2D eigenvalue weighted by atomic mass is 9.99. The molecule has 3 aromatic heterocycles. The van der Waals surface area contributed by atoms with E-state index in [9.17, 15) is 14.4 Å². The number of nitrogens with one attached hydrogen (secondary N) is 1. The van der Waals surface area contributed by atoms with Crippen LogP contribution in [0, 0.1) is 13.8 Å². The van der Waals surface area contributed by atoms with E-state index in [0.717, 1.165) is 22.4 Å². The standard InChI is InChI=1S/C33H35ClN8O4/c1-19-17-39(6)37-26(19)16-35-30(43)28-27-29(42(38-28)25-9-7-8-23(34)15-25)31(44)41(20(2)36-27)24-11-10-21-12-13-40(18-22(21)14-24)32(45)46-33(3,4)5/h7-11,14-15,17H,12-13,16,18H2,1-6H3,(H,35,43). The molecule has 0 unspecified atom stereocenters. The molecule has 2 amide bonds. The van der Waals surface area contributed by atoms with E-state index in [0.29, 0.717) is 41.7 Å². The summed E-state index contributed by atoms with van der Waals surface area (Å²) in [4.78, 5) is 47.2. The van der Waals surface area contributed by atoms with E-state index in [1.807, 2.05) is 59.1 Å². The first-order chi connectivity index (χ1) is 21.8. The zero-order valence-electron chi connectivity index (χ0n) is 26.6. The van der Waals surface area contributed by atoms with E-state index in [-0.39, 0.29) is 29.4 Å². The fraction of sp³-hybridized carbons (Fsp3) is 0.333. The number of ether oxygens (including phenoxy) is 1. The number of fused-ring (bicyclic) bond motifs is 2. The van der Waals surface area contributed by atoms with Crippen molar-refractivity contribution in [3.05, 3.63) is 97.9 Å². The van der Waals surface area contributed by atoms with Gasteiger partial charge in [0.1, 0.15) is 16.9 Å². The number of nitrogens with zero attached hydrogens (tertiary/aromatic N) is 7. The number of aryl methyl sites for hydroxylation is 3. The van der Waals surface area contributed by atoms with Crippen LogP contribution in [-0.4, -0.2) is 58.2 Å². The van der Waals surface area contributed by atoms with Crippen LogP contribution < -0.4 is 10.9 Å². The maximum Gasteiger partial charge on any atom is 0.410 e. The number of carbonyl (C=O) groups excluding carboxylic acids is 2. The number of halogens is 1. The van der Waals surface area contributed by atoms with Gasteiger partial charge < -0.3 is 15.0 Å². The van der Waals surface area contributed by atoms with Crippen molar-refractivity contribution in [2.24, 2.45) is 7.05 Å². The third-order valence-electron chi connectivity index (χ3n) is 7.77. The second-order valence-electron chi connectivity index (χ2n) is 12.5. The Morgan fingerprint density at radius 3 is 2.52 bits per heavy atom. The molecule has 12 nitrogen and oxygen atoms in total. The fourth-order valence-corrected chi connectivity index (χ4v) is 5.85. The quantitative estimate of drug-likeness (QED) is 0.292. The van der Waals surface area contributed by atoms with Gasteiger partial charge in [0.05, 0.1) is 23.6 Å². The van der Waals surface area contributed by atoms with Gasteiger partial charge in [-0.05, 0) is 88.1 Å². The number of amides is 2. The molecule has 1 N–H and O–H groups in total.